The summed E-state index contributed by atoms with van der Waals surface area (Å²) in [5, 5.41) is 31.9. The number of hydrogen-bond donors (Lipinski definition) is 3. The minimum atomic E-state index is -1.11. The van der Waals surface area contributed by atoms with Crippen LogP contribution >= 0.6 is 0 Å². The van der Waals surface area contributed by atoms with Crippen LogP contribution in [0.3, 0.4) is 0 Å². The molecule has 0 saturated heterocycles. The Morgan fingerprint density at radius 3 is 2.43 bits per heavy atom. The van der Waals surface area contributed by atoms with Crippen molar-refractivity contribution in [3.63, 3.8) is 0 Å². The summed E-state index contributed by atoms with van der Waals surface area (Å²) in [6, 6.07) is 0. The first-order chi connectivity index (χ1) is 13.0. The van der Waals surface area contributed by atoms with Crippen LogP contribution in [0.1, 0.15) is 72.1 Å². The third-order valence-electron chi connectivity index (χ3n) is 9.77. The van der Waals surface area contributed by atoms with Crippen LogP contribution in [0.15, 0.2) is 0 Å². The maximum atomic E-state index is 12.3. The number of esters is 1. The molecule has 0 aromatic rings. The Kier molecular flexibility index (Phi) is 4.45. The summed E-state index contributed by atoms with van der Waals surface area (Å²) in [5.74, 6) is -0.754. The lowest BCUT2D eigenvalue weighted by Crippen LogP contribution is -2.64. The number of carboxylic acid groups (broad SMARTS) is 1. The lowest BCUT2D eigenvalue weighted by molar-refractivity contribution is -0.218. The standard InChI is InChI=1S/C22H34O6/c1-13(23)28-12-22(27)9-8-21-11-15(22)10-14(21)4-5-16-19(21,2)7-6-17(24)20(16,3)18(25)26/h14-17,24,27H,4-12H2,1-3H3,(H,25,26). The van der Waals surface area contributed by atoms with Gasteiger partial charge in [0.15, 0.2) is 0 Å². The molecule has 4 aliphatic carbocycles. The molecule has 1 spiro atoms. The Labute approximate surface area is 166 Å². The molecule has 0 aromatic heterocycles. The Hall–Kier alpha value is -1.14. The van der Waals surface area contributed by atoms with Gasteiger partial charge in [0.25, 0.3) is 0 Å². The van der Waals surface area contributed by atoms with E-state index in [1.807, 2.05) is 0 Å². The first-order valence-corrected chi connectivity index (χ1v) is 10.8. The van der Waals surface area contributed by atoms with E-state index in [1.54, 1.807) is 6.92 Å². The van der Waals surface area contributed by atoms with Gasteiger partial charge < -0.3 is 20.1 Å². The maximum Gasteiger partial charge on any atom is 0.312 e. The number of fused-ring (bicyclic) bond motifs is 2. The molecule has 28 heavy (non-hydrogen) atoms. The third-order valence-corrected chi connectivity index (χ3v) is 9.77. The predicted octanol–water partition coefficient (Wildman–Crippen LogP) is 2.75. The molecule has 8 unspecified atom stereocenters. The van der Waals surface area contributed by atoms with Crippen LogP contribution in [0.5, 0.6) is 0 Å². The van der Waals surface area contributed by atoms with Crippen LogP contribution in [0.2, 0.25) is 0 Å². The number of rotatable bonds is 3. The highest BCUT2D eigenvalue weighted by Crippen LogP contribution is 2.75. The molecule has 4 rings (SSSR count). The van der Waals surface area contributed by atoms with E-state index in [2.05, 4.69) is 6.92 Å². The second-order valence-electron chi connectivity index (χ2n) is 10.6. The van der Waals surface area contributed by atoms with Crippen molar-refractivity contribution in [3.05, 3.63) is 0 Å². The molecular formula is C22H34O6. The van der Waals surface area contributed by atoms with Crippen LogP contribution in [-0.4, -0.2) is 45.6 Å². The molecule has 0 radical (unpaired) electrons. The largest absolute Gasteiger partial charge is 0.481 e. The SMILES string of the molecule is CC(=O)OCC1(O)CCC23CC1CC2CCC1C(C)(C(=O)O)C(O)CCC13C. The van der Waals surface area contributed by atoms with Gasteiger partial charge in [0.05, 0.1) is 11.5 Å². The molecular weight excluding hydrogens is 360 g/mol. The van der Waals surface area contributed by atoms with Gasteiger partial charge in [-0.05, 0) is 86.9 Å². The Bertz CT molecular complexity index is 693. The van der Waals surface area contributed by atoms with Crippen molar-refractivity contribution in [3.8, 4) is 0 Å². The van der Waals surface area contributed by atoms with Gasteiger partial charge in [0, 0.05) is 6.92 Å². The number of carboxylic acids is 1. The average molecular weight is 395 g/mol. The van der Waals surface area contributed by atoms with E-state index in [4.69, 9.17) is 4.74 Å². The van der Waals surface area contributed by atoms with Crippen molar-refractivity contribution < 1.29 is 29.6 Å². The van der Waals surface area contributed by atoms with Gasteiger partial charge in [-0.1, -0.05) is 6.92 Å². The molecule has 3 N–H and O–H groups in total. The second kappa shape index (κ2) is 6.18. The van der Waals surface area contributed by atoms with Crippen molar-refractivity contribution in [2.45, 2.75) is 83.8 Å². The number of hydrogen-bond acceptors (Lipinski definition) is 5. The predicted molar refractivity (Wildman–Crippen MR) is 101 cm³/mol. The highest BCUT2D eigenvalue weighted by Gasteiger charge is 2.71. The van der Waals surface area contributed by atoms with Crippen molar-refractivity contribution in [2.24, 2.45) is 34.0 Å². The van der Waals surface area contributed by atoms with Crippen LogP contribution in [0.4, 0.5) is 0 Å². The van der Waals surface area contributed by atoms with Gasteiger partial charge in [0.2, 0.25) is 0 Å². The summed E-state index contributed by atoms with van der Waals surface area (Å²) in [6.07, 6.45) is 5.55. The van der Waals surface area contributed by atoms with Crippen LogP contribution in [0.25, 0.3) is 0 Å². The van der Waals surface area contributed by atoms with E-state index < -0.39 is 23.1 Å². The fourth-order valence-electron chi connectivity index (χ4n) is 8.09. The van der Waals surface area contributed by atoms with Gasteiger partial charge in [-0.2, -0.15) is 0 Å². The van der Waals surface area contributed by atoms with Gasteiger partial charge in [-0.3, -0.25) is 9.59 Å². The number of aliphatic hydroxyl groups is 2. The number of aliphatic carboxylic acids is 1. The molecule has 6 heteroatoms. The first kappa shape index (κ1) is 20.1. The lowest BCUT2D eigenvalue weighted by atomic mass is 9.39. The van der Waals surface area contributed by atoms with E-state index in [0.29, 0.717) is 18.8 Å². The zero-order chi connectivity index (χ0) is 20.5. The molecule has 0 aliphatic heterocycles. The molecule has 4 fully saturated rings. The highest BCUT2D eigenvalue weighted by molar-refractivity contribution is 5.76. The van der Waals surface area contributed by atoms with E-state index >= 15 is 0 Å². The fourth-order valence-corrected chi connectivity index (χ4v) is 8.09. The maximum absolute atomic E-state index is 12.3. The molecule has 4 aliphatic rings. The fraction of sp³-hybridized carbons (Fsp3) is 0.909. The molecule has 6 nitrogen and oxygen atoms in total. The van der Waals surface area contributed by atoms with E-state index in [0.717, 1.165) is 38.5 Å². The minimum Gasteiger partial charge on any atom is -0.481 e. The van der Waals surface area contributed by atoms with Crippen molar-refractivity contribution in [1.29, 1.82) is 0 Å². The lowest BCUT2D eigenvalue weighted by Gasteiger charge is -2.65. The molecule has 0 heterocycles. The molecule has 0 aromatic carbocycles. The van der Waals surface area contributed by atoms with Crippen LogP contribution < -0.4 is 0 Å². The summed E-state index contributed by atoms with van der Waals surface area (Å²) in [4.78, 5) is 23.5. The zero-order valence-electron chi connectivity index (χ0n) is 17.2. The topological polar surface area (TPSA) is 104 Å². The second-order valence-corrected chi connectivity index (χ2v) is 10.6. The monoisotopic (exact) mass is 394 g/mol. The smallest absolute Gasteiger partial charge is 0.312 e. The number of carbonyl (C=O) groups is 2. The van der Waals surface area contributed by atoms with Gasteiger partial charge >= 0.3 is 11.9 Å². The van der Waals surface area contributed by atoms with E-state index in [1.165, 1.54) is 6.92 Å². The van der Waals surface area contributed by atoms with Gasteiger partial charge in [-0.25, -0.2) is 0 Å². The summed E-state index contributed by atoms with van der Waals surface area (Å²) in [6.45, 7) is 5.43. The summed E-state index contributed by atoms with van der Waals surface area (Å²) in [7, 11) is 0. The average Bonchev–Trinajstić information content (AvgIpc) is 2.98. The van der Waals surface area contributed by atoms with Crippen LogP contribution in [-0.2, 0) is 14.3 Å². The number of aliphatic hydroxyl groups excluding tert-OH is 1. The zero-order valence-corrected chi connectivity index (χ0v) is 17.2. The molecule has 4 saturated carbocycles. The Morgan fingerprint density at radius 1 is 1.07 bits per heavy atom. The number of carbonyl (C=O) groups excluding carboxylic acids is 1. The van der Waals surface area contributed by atoms with Crippen molar-refractivity contribution in [2.75, 3.05) is 6.61 Å². The molecule has 0 amide bonds. The van der Waals surface area contributed by atoms with E-state index in [9.17, 15) is 24.9 Å². The van der Waals surface area contributed by atoms with E-state index in [-0.39, 0.29) is 35.2 Å². The molecule has 2 bridgehead atoms. The highest BCUT2D eigenvalue weighted by atomic mass is 16.5. The Morgan fingerprint density at radius 2 is 1.79 bits per heavy atom. The summed E-state index contributed by atoms with van der Waals surface area (Å²) in [5.41, 5.74) is -2.22. The summed E-state index contributed by atoms with van der Waals surface area (Å²) >= 11 is 0. The normalized spacial score (nSPS) is 52.5. The first-order valence-electron chi connectivity index (χ1n) is 10.8. The van der Waals surface area contributed by atoms with Gasteiger partial charge in [-0.15, -0.1) is 0 Å². The van der Waals surface area contributed by atoms with Crippen molar-refractivity contribution in [1.82, 2.24) is 0 Å². The van der Waals surface area contributed by atoms with Gasteiger partial charge in [0.1, 0.15) is 12.2 Å². The van der Waals surface area contributed by atoms with Crippen molar-refractivity contribution >= 4 is 11.9 Å². The summed E-state index contributed by atoms with van der Waals surface area (Å²) < 4.78 is 5.20. The van der Waals surface area contributed by atoms with Crippen LogP contribution in [0, 0.1) is 34.0 Å². The third kappa shape index (κ3) is 2.40. The Balaban J connectivity index is 1.68. The molecule has 8 atom stereocenters. The minimum absolute atomic E-state index is 0.0138. The molecule has 158 valence electrons. The quantitative estimate of drug-likeness (QED) is 0.636. The number of ether oxygens (including phenoxy) is 1.